The quantitative estimate of drug-likeness (QED) is 0.879. The van der Waals surface area contributed by atoms with Gasteiger partial charge >= 0.3 is 5.97 Å². The van der Waals surface area contributed by atoms with E-state index in [4.69, 9.17) is 9.52 Å². The molecule has 2 aromatic rings. The van der Waals surface area contributed by atoms with Crippen molar-refractivity contribution in [2.24, 2.45) is 0 Å². The van der Waals surface area contributed by atoms with Gasteiger partial charge in [0.2, 0.25) is 5.76 Å². The molecule has 0 saturated heterocycles. The Bertz CT molecular complexity index is 706. The van der Waals surface area contributed by atoms with Gasteiger partial charge in [-0.3, -0.25) is 4.72 Å². The molecule has 0 radical (unpaired) electrons. The zero-order chi connectivity index (χ0) is 14.0. The molecule has 2 aromatic heterocycles. The molecule has 0 bridgehead atoms. The van der Waals surface area contributed by atoms with Crippen LogP contribution in [0.15, 0.2) is 39.8 Å². The summed E-state index contributed by atoms with van der Waals surface area (Å²) in [6.45, 7) is 1.37. The lowest BCUT2D eigenvalue weighted by Crippen LogP contribution is -2.14. The normalized spacial score (nSPS) is 11.2. The Morgan fingerprint density at radius 2 is 2.16 bits per heavy atom. The lowest BCUT2D eigenvalue weighted by Gasteiger charge is -2.05. The minimum atomic E-state index is -3.93. The lowest BCUT2D eigenvalue weighted by molar-refractivity contribution is 0.0661. The number of rotatable bonds is 4. The van der Waals surface area contributed by atoms with E-state index in [9.17, 15) is 13.2 Å². The molecule has 0 unspecified atom stereocenters. The molecule has 0 spiro atoms. The minimum Gasteiger partial charge on any atom is -0.475 e. The van der Waals surface area contributed by atoms with Gasteiger partial charge in [0, 0.05) is 12.3 Å². The van der Waals surface area contributed by atoms with E-state index in [1.54, 1.807) is 12.1 Å². The van der Waals surface area contributed by atoms with E-state index in [2.05, 4.69) is 9.71 Å². The van der Waals surface area contributed by atoms with Gasteiger partial charge in [-0.2, -0.15) is 0 Å². The molecule has 7 nitrogen and oxygen atoms in total. The molecule has 2 heterocycles. The van der Waals surface area contributed by atoms with E-state index < -0.39 is 21.8 Å². The Morgan fingerprint density at radius 1 is 1.42 bits per heavy atom. The maximum Gasteiger partial charge on any atom is 0.371 e. The molecule has 0 amide bonds. The molecule has 0 aliphatic heterocycles. The largest absolute Gasteiger partial charge is 0.475 e. The number of hydrogen-bond donors (Lipinski definition) is 2. The van der Waals surface area contributed by atoms with E-state index in [-0.39, 0.29) is 16.5 Å². The number of aryl methyl sites for hydroxylation is 1. The van der Waals surface area contributed by atoms with Gasteiger partial charge in [0.1, 0.15) is 16.5 Å². The summed E-state index contributed by atoms with van der Waals surface area (Å²) in [7, 11) is -3.93. The third-order valence-corrected chi connectivity index (χ3v) is 3.74. The SMILES string of the molecule is Cc1oc(C(=O)O)cc1S(=O)(=O)Nc1ccccn1. The van der Waals surface area contributed by atoms with Crippen LogP contribution in [0.2, 0.25) is 0 Å². The van der Waals surface area contributed by atoms with E-state index in [0.29, 0.717) is 0 Å². The number of hydrogen-bond acceptors (Lipinski definition) is 5. The molecule has 0 aliphatic carbocycles. The number of nitrogens with one attached hydrogen (secondary N) is 1. The fourth-order valence-electron chi connectivity index (χ4n) is 1.45. The van der Waals surface area contributed by atoms with Crippen LogP contribution in [0, 0.1) is 6.92 Å². The summed E-state index contributed by atoms with van der Waals surface area (Å²) < 4.78 is 31.2. The number of carboxylic acids is 1. The summed E-state index contributed by atoms with van der Waals surface area (Å²) in [5.41, 5.74) is 0. The Morgan fingerprint density at radius 3 is 2.68 bits per heavy atom. The zero-order valence-electron chi connectivity index (χ0n) is 9.82. The number of nitrogens with zero attached hydrogens (tertiary/aromatic N) is 1. The van der Waals surface area contributed by atoms with E-state index in [0.717, 1.165) is 6.07 Å². The van der Waals surface area contributed by atoms with Crippen molar-refractivity contribution >= 4 is 21.8 Å². The minimum absolute atomic E-state index is 0.000770. The van der Waals surface area contributed by atoms with Crippen molar-refractivity contribution in [2.45, 2.75) is 11.8 Å². The summed E-state index contributed by atoms with van der Waals surface area (Å²) >= 11 is 0. The monoisotopic (exact) mass is 282 g/mol. The van der Waals surface area contributed by atoms with Gasteiger partial charge in [-0.1, -0.05) is 6.07 Å². The summed E-state index contributed by atoms with van der Waals surface area (Å²) in [5.74, 6) is -1.62. The van der Waals surface area contributed by atoms with Gasteiger partial charge in [0.25, 0.3) is 10.0 Å². The van der Waals surface area contributed by atoms with Gasteiger partial charge in [0.15, 0.2) is 0 Å². The lowest BCUT2D eigenvalue weighted by atomic mass is 10.4. The first kappa shape index (κ1) is 13.1. The van der Waals surface area contributed by atoms with Gasteiger partial charge in [-0.25, -0.2) is 18.2 Å². The number of carboxylic acid groups (broad SMARTS) is 1. The summed E-state index contributed by atoms with van der Waals surface area (Å²) in [6, 6.07) is 5.70. The summed E-state index contributed by atoms with van der Waals surface area (Å²) in [6.07, 6.45) is 1.43. The molecule has 0 fully saturated rings. The highest BCUT2D eigenvalue weighted by molar-refractivity contribution is 7.92. The van der Waals surface area contributed by atoms with Crippen molar-refractivity contribution in [3.05, 3.63) is 42.0 Å². The third-order valence-electron chi connectivity index (χ3n) is 2.28. The van der Waals surface area contributed by atoms with Crippen LogP contribution in [-0.2, 0) is 10.0 Å². The highest BCUT2D eigenvalue weighted by atomic mass is 32.2. The smallest absolute Gasteiger partial charge is 0.371 e. The van der Waals surface area contributed by atoms with E-state index >= 15 is 0 Å². The fourth-order valence-corrected chi connectivity index (χ4v) is 2.64. The highest BCUT2D eigenvalue weighted by Crippen LogP contribution is 2.22. The number of aromatic carboxylic acids is 1. The Kier molecular flexibility index (Phi) is 3.26. The van der Waals surface area contributed by atoms with Crippen LogP contribution in [0.4, 0.5) is 5.82 Å². The molecule has 2 rings (SSSR count). The van der Waals surface area contributed by atoms with Crippen LogP contribution >= 0.6 is 0 Å². The second-order valence-electron chi connectivity index (χ2n) is 3.66. The molecular weight excluding hydrogens is 272 g/mol. The number of pyridine rings is 1. The molecule has 0 atom stereocenters. The number of carbonyl (C=O) groups is 1. The first-order valence-electron chi connectivity index (χ1n) is 5.18. The average molecular weight is 282 g/mol. The first-order chi connectivity index (χ1) is 8.90. The average Bonchev–Trinajstić information content (AvgIpc) is 2.73. The topological polar surface area (TPSA) is 109 Å². The molecular formula is C11H10N2O5S. The van der Waals surface area contributed by atoms with Crippen molar-refractivity contribution in [3.8, 4) is 0 Å². The zero-order valence-corrected chi connectivity index (χ0v) is 10.6. The number of aromatic nitrogens is 1. The van der Waals surface area contributed by atoms with Crippen molar-refractivity contribution in [3.63, 3.8) is 0 Å². The highest BCUT2D eigenvalue weighted by Gasteiger charge is 2.24. The van der Waals surface area contributed by atoms with E-state index in [1.807, 2.05) is 0 Å². The summed E-state index contributed by atoms with van der Waals surface area (Å²) in [4.78, 5) is 14.3. The van der Waals surface area contributed by atoms with Gasteiger partial charge in [-0.05, 0) is 19.1 Å². The Hall–Kier alpha value is -2.35. The third kappa shape index (κ3) is 2.74. The number of furan rings is 1. The van der Waals surface area contributed by atoms with Crippen molar-refractivity contribution in [1.29, 1.82) is 0 Å². The Labute approximate surface area is 108 Å². The van der Waals surface area contributed by atoms with Crippen LogP contribution in [0.5, 0.6) is 0 Å². The Balaban J connectivity index is 2.37. The van der Waals surface area contributed by atoms with Crippen LogP contribution in [0.3, 0.4) is 0 Å². The van der Waals surface area contributed by atoms with Gasteiger partial charge in [-0.15, -0.1) is 0 Å². The predicted molar refractivity (Wildman–Crippen MR) is 65.4 cm³/mol. The van der Waals surface area contributed by atoms with Crippen LogP contribution in [0.1, 0.15) is 16.3 Å². The summed E-state index contributed by atoms with van der Waals surface area (Å²) in [5, 5.41) is 8.76. The van der Waals surface area contributed by atoms with Gasteiger partial charge < -0.3 is 9.52 Å². The molecule has 0 aromatic carbocycles. The van der Waals surface area contributed by atoms with Crippen molar-refractivity contribution in [2.75, 3.05) is 4.72 Å². The maximum absolute atomic E-state index is 12.1. The molecule has 2 N–H and O–H groups in total. The van der Waals surface area contributed by atoms with Gasteiger partial charge in [0.05, 0.1) is 0 Å². The van der Waals surface area contributed by atoms with Crippen molar-refractivity contribution < 1.29 is 22.7 Å². The molecule has 8 heteroatoms. The molecule has 19 heavy (non-hydrogen) atoms. The molecule has 0 aliphatic rings. The van der Waals surface area contributed by atoms with Crippen LogP contribution in [0.25, 0.3) is 0 Å². The standard InChI is InChI=1S/C11H10N2O5S/c1-7-9(6-8(18-7)11(14)15)19(16,17)13-10-4-2-3-5-12-10/h2-6H,1H3,(H,12,13)(H,14,15). The second-order valence-corrected chi connectivity index (χ2v) is 5.31. The number of sulfonamides is 1. The van der Waals surface area contributed by atoms with Crippen LogP contribution < -0.4 is 4.72 Å². The second kappa shape index (κ2) is 4.73. The fraction of sp³-hybridized carbons (Fsp3) is 0.0909. The predicted octanol–water partition coefficient (Wildman–Crippen LogP) is 1.48. The number of anilines is 1. The van der Waals surface area contributed by atoms with Crippen LogP contribution in [-0.4, -0.2) is 24.5 Å². The molecule has 100 valence electrons. The molecule has 0 saturated carbocycles. The maximum atomic E-state index is 12.1. The van der Waals surface area contributed by atoms with E-state index in [1.165, 1.54) is 19.2 Å². The first-order valence-corrected chi connectivity index (χ1v) is 6.66. The van der Waals surface area contributed by atoms with Crippen molar-refractivity contribution in [1.82, 2.24) is 4.98 Å².